The molecular formula is C6H12SSe. The zero-order chi connectivity index (χ0) is 5.66. The van der Waals surface area contributed by atoms with Gasteiger partial charge in [0.15, 0.2) is 0 Å². The molecule has 0 unspecified atom stereocenters. The maximum atomic E-state index is 2.14. The Balaban J connectivity index is 2.00. The van der Waals surface area contributed by atoms with E-state index in [4.69, 9.17) is 0 Å². The Kier molecular flexibility index (Phi) is 4.12. The monoisotopic (exact) mass is 196 g/mol. The van der Waals surface area contributed by atoms with Gasteiger partial charge in [-0.25, -0.2) is 0 Å². The van der Waals surface area contributed by atoms with Crippen LogP contribution >= 0.6 is 11.8 Å². The zero-order valence-corrected chi connectivity index (χ0v) is 7.59. The van der Waals surface area contributed by atoms with Gasteiger partial charge >= 0.3 is 61.7 Å². The molecule has 0 aromatic rings. The van der Waals surface area contributed by atoms with E-state index in [0.29, 0.717) is 0 Å². The SMILES string of the molecule is C1CSCCC[Se]C1. The first-order chi connectivity index (χ1) is 4.00. The minimum absolute atomic E-state index is 1.01. The molecule has 8 heavy (non-hydrogen) atoms. The average Bonchev–Trinajstić information content (AvgIpc) is 1.62. The summed E-state index contributed by atoms with van der Waals surface area (Å²) in [7, 11) is 0. The van der Waals surface area contributed by atoms with Crippen LogP contribution in [0.3, 0.4) is 0 Å². The Morgan fingerprint density at radius 1 is 1.00 bits per heavy atom. The molecule has 1 heterocycles. The second-order valence-corrected chi connectivity index (χ2v) is 5.73. The second-order valence-electron chi connectivity index (χ2n) is 1.93. The third kappa shape index (κ3) is 3.01. The van der Waals surface area contributed by atoms with Gasteiger partial charge in [0.05, 0.1) is 0 Å². The van der Waals surface area contributed by atoms with Gasteiger partial charge in [0.25, 0.3) is 0 Å². The van der Waals surface area contributed by atoms with Gasteiger partial charge in [-0.1, -0.05) is 0 Å². The topological polar surface area (TPSA) is 0 Å². The summed E-state index contributed by atoms with van der Waals surface area (Å²) in [5, 5.41) is 3.08. The second kappa shape index (κ2) is 4.72. The van der Waals surface area contributed by atoms with E-state index in [9.17, 15) is 0 Å². The molecule has 1 saturated heterocycles. The molecule has 0 N–H and O–H groups in total. The summed E-state index contributed by atoms with van der Waals surface area (Å²) in [6.07, 6.45) is 2.98. The summed E-state index contributed by atoms with van der Waals surface area (Å²) in [6.45, 7) is 0. The summed E-state index contributed by atoms with van der Waals surface area (Å²) in [6, 6.07) is 0. The first kappa shape index (κ1) is 6.98. The van der Waals surface area contributed by atoms with Crippen molar-refractivity contribution in [3.05, 3.63) is 0 Å². The van der Waals surface area contributed by atoms with Crippen LogP contribution in [0.15, 0.2) is 0 Å². The van der Waals surface area contributed by atoms with Gasteiger partial charge < -0.3 is 0 Å². The molecule has 1 aliphatic heterocycles. The molecule has 0 aromatic carbocycles. The minimum atomic E-state index is 1.01. The Morgan fingerprint density at radius 3 is 2.25 bits per heavy atom. The van der Waals surface area contributed by atoms with Crippen LogP contribution in [0.1, 0.15) is 12.8 Å². The quantitative estimate of drug-likeness (QED) is 0.533. The van der Waals surface area contributed by atoms with Gasteiger partial charge in [0, 0.05) is 0 Å². The summed E-state index contributed by atoms with van der Waals surface area (Å²) in [5.74, 6) is 2.86. The maximum absolute atomic E-state index is 2.14. The molecule has 0 radical (unpaired) electrons. The van der Waals surface area contributed by atoms with Crippen molar-refractivity contribution in [2.24, 2.45) is 0 Å². The zero-order valence-electron chi connectivity index (χ0n) is 5.06. The molecule has 0 atom stereocenters. The number of hydrogen-bond donors (Lipinski definition) is 0. The molecule has 0 amide bonds. The Hall–Kier alpha value is 0.869. The fourth-order valence-corrected chi connectivity index (χ4v) is 4.35. The van der Waals surface area contributed by atoms with Gasteiger partial charge in [-0.15, -0.1) is 0 Å². The van der Waals surface area contributed by atoms with Crippen LogP contribution in [-0.4, -0.2) is 26.5 Å². The number of hydrogen-bond acceptors (Lipinski definition) is 1. The molecule has 0 bridgehead atoms. The summed E-state index contributed by atoms with van der Waals surface area (Å²) in [4.78, 5) is 0. The van der Waals surface area contributed by atoms with Crippen LogP contribution < -0.4 is 0 Å². The molecule has 0 spiro atoms. The normalized spacial score (nSPS) is 24.0. The van der Waals surface area contributed by atoms with Gasteiger partial charge in [-0.3, -0.25) is 0 Å². The molecule has 0 aromatic heterocycles. The summed E-state index contributed by atoms with van der Waals surface area (Å²) < 4.78 is 0. The first-order valence-electron chi connectivity index (χ1n) is 3.15. The van der Waals surface area contributed by atoms with Gasteiger partial charge in [-0.2, -0.15) is 0 Å². The molecule has 1 rings (SSSR count). The molecule has 0 nitrogen and oxygen atoms in total. The van der Waals surface area contributed by atoms with Crippen LogP contribution in [0.25, 0.3) is 0 Å². The Labute approximate surface area is 62.0 Å². The van der Waals surface area contributed by atoms with Crippen molar-refractivity contribution in [3.8, 4) is 0 Å². The van der Waals surface area contributed by atoms with Crippen LogP contribution in [0.4, 0.5) is 0 Å². The number of thioether (sulfide) groups is 1. The van der Waals surface area contributed by atoms with Crippen molar-refractivity contribution in [1.82, 2.24) is 0 Å². The van der Waals surface area contributed by atoms with E-state index in [1.165, 1.54) is 24.3 Å². The predicted octanol–water partition coefficient (Wildman–Crippen LogP) is 2.05. The van der Waals surface area contributed by atoms with E-state index in [-0.39, 0.29) is 0 Å². The van der Waals surface area contributed by atoms with Crippen molar-refractivity contribution >= 4 is 26.7 Å². The third-order valence-corrected chi connectivity index (χ3v) is 4.73. The first-order valence-corrected chi connectivity index (χ1v) is 6.73. The summed E-state index contributed by atoms with van der Waals surface area (Å²) in [5.41, 5.74) is 0. The van der Waals surface area contributed by atoms with E-state index in [2.05, 4.69) is 11.8 Å². The van der Waals surface area contributed by atoms with E-state index < -0.39 is 0 Å². The predicted molar refractivity (Wildman–Crippen MR) is 41.9 cm³/mol. The van der Waals surface area contributed by atoms with Crippen molar-refractivity contribution < 1.29 is 0 Å². The summed E-state index contributed by atoms with van der Waals surface area (Å²) >= 11 is 3.15. The van der Waals surface area contributed by atoms with Crippen LogP contribution in [-0.2, 0) is 0 Å². The fourth-order valence-electron chi connectivity index (χ4n) is 0.730. The van der Waals surface area contributed by atoms with Gasteiger partial charge in [0.2, 0.25) is 0 Å². The van der Waals surface area contributed by atoms with Gasteiger partial charge in [-0.05, 0) is 0 Å². The van der Waals surface area contributed by atoms with Crippen molar-refractivity contribution in [2.75, 3.05) is 11.5 Å². The molecule has 48 valence electrons. The van der Waals surface area contributed by atoms with Crippen molar-refractivity contribution in [1.29, 1.82) is 0 Å². The standard InChI is InChI=1S/C6H12SSe/c1-3-7-4-2-6-8-5-1/h1-6H2. The molecular weight excluding hydrogens is 183 g/mol. The van der Waals surface area contributed by atoms with Crippen LogP contribution in [0.2, 0.25) is 10.6 Å². The average molecular weight is 195 g/mol. The van der Waals surface area contributed by atoms with Crippen molar-refractivity contribution in [2.45, 2.75) is 23.5 Å². The van der Waals surface area contributed by atoms with Crippen LogP contribution in [0, 0.1) is 0 Å². The van der Waals surface area contributed by atoms with Crippen molar-refractivity contribution in [3.63, 3.8) is 0 Å². The fraction of sp³-hybridized carbons (Fsp3) is 1.00. The van der Waals surface area contributed by atoms with Crippen LogP contribution in [0.5, 0.6) is 0 Å². The molecule has 2 heteroatoms. The third-order valence-electron chi connectivity index (χ3n) is 1.15. The van der Waals surface area contributed by atoms with E-state index in [1.807, 2.05) is 0 Å². The molecule has 0 saturated carbocycles. The van der Waals surface area contributed by atoms with Gasteiger partial charge in [0.1, 0.15) is 0 Å². The van der Waals surface area contributed by atoms with E-state index in [0.717, 1.165) is 15.0 Å². The van der Waals surface area contributed by atoms with E-state index >= 15 is 0 Å². The van der Waals surface area contributed by atoms with E-state index in [1.54, 1.807) is 10.6 Å². The molecule has 1 fully saturated rings. The molecule has 0 aliphatic carbocycles. The molecule has 1 aliphatic rings. The Morgan fingerprint density at radius 2 is 1.62 bits per heavy atom. The number of rotatable bonds is 0. The Bertz CT molecular complexity index is 32.5.